The van der Waals surface area contributed by atoms with Crippen LogP contribution in [0.3, 0.4) is 0 Å². The molecule has 0 fully saturated rings. The fourth-order valence-electron chi connectivity index (χ4n) is 1.54. The summed E-state index contributed by atoms with van der Waals surface area (Å²) in [5.74, 6) is -0.858. The molecule has 0 radical (unpaired) electrons. The fraction of sp³-hybridized carbons (Fsp3) is 0.364. The summed E-state index contributed by atoms with van der Waals surface area (Å²) in [6.45, 7) is 4.12. The van der Waals surface area contributed by atoms with E-state index in [1.807, 2.05) is 4.57 Å². The first-order valence-electron chi connectivity index (χ1n) is 5.38. The second-order valence-corrected chi connectivity index (χ2v) is 6.09. The number of thioether (sulfide) groups is 1. The van der Waals surface area contributed by atoms with Gasteiger partial charge in [-0.3, -0.25) is 4.79 Å². The zero-order chi connectivity index (χ0) is 13.1. The van der Waals surface area contributed by atoms with Gasteiger partial charge in [0.25, 0.3) is 0 Å². The molecule has 0 aliphatic heterocycles. The number of hydrogen-bond acceptors (Lipinski definition) is 5. The maximum atomic E-state index is 10.6. The molecular formula is C11H13N3O2S2. The summed E-state index contributed by atoms with van der Waals surface area (Å²) >= 11 is 2.91. The van der Waals surface area contributed by atoms with Gasteiger partial charge in [-0.05, 0) is 26.0 Å². The molecule has 0 aromatic carbocycles. The molecule has 0 spiro atoms. The smallest absolute Gasteiger partial charge is 0.313 e. The number of carboxylic acid groups (broad SMARTS) is 1. The zero-order valence-corrected chi connectivity index (χ0v) is 11.7. The summed E-state index contributed by atoms with van der Waals surface area (Å²) in [5, 5.41) is 17.1. The van der Waals surface area contributed by atoms with Gasteiger partial charge in [-0.15, -0.1) is 21.5 Å². The quantitative estimate of drug-likeness (QED) is 0.854. The Kier molecular flexibility index (Phi) is 4.03. The van der Waals surface area contributed by atoms with Crippen molar-refractivity contribution in [2.24, 2.45) is 0 Å². The van der Waals surface area contributed by atoms with Gasteiger partial charge in [0, 0.05) is 9.75 Å². The highest BCUT2D eigenvalue weighted by atomic mass is 32.2. The number of aliphatic carboxylic acids is 1. The molecule has 2 heterocycles. The van der Waals surface area contributed by atoms with Crippen LogP contribution in [-0.4, -0.2) is 31.6 Å². The lowest BCUT2D eigenvalue weighted by atomic mass is 10.3. The van der Waals surface area contributed by atoms with Crippen molar-refractivity contribution in [3.8, 4) is 0 Å². The molecule has 1 unspecified atom stereocenters. The van der Waals surface area contributed by atoms with Crippen LogP contribution in [0.5, 0.6) is 0 Å². The van der Waals surface area contributed by atoms with Crippen molar-refractivity contribution in [2.45, 2.75) is 25.0 Å². The van der Waals surface area contributed by atoms with Crippen LogP contribution in [0, 0.1) is 6.92 Å². The van der Waals surface area contributed by atoms with E-state index in [0.717, 1.165) is 0 Å². The fourth-order valence-corrected chi connectivity index (χ4v) is 3.18. The lowest BCUT2D eigenvalue weighted by molar-refractivity contribution is -0.133. The van der Waals surface area contributed by atoms with Crippen LogP contribution >= 0.6 is 23.1 Å². The molecule has 2 aromatic rings. The van der Waals surface area contributed by atoms with Crippen molar-refractivity contribution in [2.75, 3.05) is 5.75 Å². The van der Waals surface area contributed by atoms with Crippen molar-refractivity contribution in [1.82, 2.24) is 14.8 Å². The van der Waals surface area contributed by atoms with Gasteiger partial charge >= 0.3 is 5.97 Å². The first kappa shape index (κ1) is 13.1. The molecule has 1 atom stereocenters. The Bertz CT molecular complexity index is 550. The minimum absolute atomic E-state index is 0.00508. The minimum atomic E-state index is -0.853. The Morgan fingerprint density at radius 3 is 3.00 bits per heavy atom. The Morgan fingerprint density at radius 1 is 1.61 bits per heavy atom. The zero-order valence-electron chi connectivity index (χ0n) is 10.0. The first-order valence-corrected chi connectivity index (χ1v) is 7.18. The molecule has 7 heteroatoms. The van der Waals surface area contributed by atoms with Gasteiger partial charge in [0.15, 0.2) is 5.16 Å². The SMILES string of the molecule is Cc1ccc(C(C)n2cnnc2SCC(=O)O)s1. The molecular weight excluding hydrogens is 270 g/mol. The van der Waals surface area contributed by atoms with E-state index >= 15 is 0 Å². The number of aryl methyl sites for hydroxylation is 1. The predicted octanol–water partition coefficient (Wildman–Crippen LogP) is 2.43. The van der Waals surface area contributed by atoms with E-state index in [0.29, 0.717) is 5.16 Å². The molecule has 0 aliphatic carbocycles. The van der Waals surface area contributed by atoms with Crippen LogP contribution in [0.25, 0.3) is 0 Å². The van der Waals surface area contributed by atoms with Crippen LogP contribution in [-0.2, 0) is 4.79 Å². The summed E-state index contributed by atoms with van der Waals surface area (Å²) in [7, 11) is 0. The molecule has 96 valence electrons. The second kappa shape index (κ2) is 5.53. The third kappa shape index (κ3) is 2.91. The summed E-state index contributed by atoms with van der Waals surface area (Å²) in [6, 6.07) is 4.27. The number of thiophene rings is 1. The lowest BCUT2D eigenvalue weighted by Crippen LogP contribution is -2.07. The standard InChI is InChI=1S/C11H13N3O2S2/c1-7-3-4-9(18-7)8(2)14-6-12-13-11(14)17-5-10(15)16/h3-4,6,8H,5H2,1-2H3,(H,15,16). The second-order valence-electron chi connectivity index (χ2n) is 3.83. The van der Waals surface area contributed by atoms with Gasteiger partial charge in [0.05, 0.1) is 11.8 Å². The highest BCUT2D eigenvalue weighted by molar-refractivity contribution is 7.99. The molecule has 0 saturated heterocycles. The van der Waals surface area contributed by atoms with Gasteiger partial charge in [-0.25, -0.2) is 0 Å². The number of carbonyl (C=O) groups is 1. The molecule has 2 aromatic heterocycles. The van der Waals surface area contributed by atoms with E-state index in [2.05, 4.69) is 36.2 Å². The van der Waals surface area contributed by atoms with E-state index in [4.69, 9.17) is 5.11 Å². The van der Waals surface area contributed by atoms with Gasteiger partial charge in [0.2, 0.25) is 0 Å². The van der Waals surface area contributed by atoms with Gasteiger partial charge in [-0.2, -0.15) is 0 Å². The molecule has 1 N–H and O–H groups in total. The summed E-state index contributed by atoms with van der Waals surface area (Å²) in [6.07, 6.45) is 1.64. The van der Waals surface area contributed by atoms with Gasteiger partial charge in [0.1, 0.15) is 6.33 Å². The average molecular weight is 283 g/mol. The number of hydrogen-bond donors (Lipinski definition) is 1. The predicted molar refractivity (Wildman–Crippen MR) is 71.3 cm³/mol. The van der Waals surface area contributed by atoms with Crippen LogP contribution < -0.4 is 0 Å². The highest BCUT2D eigenvalue weighted by Crippen LogP contribution is 2.28. The maximum Gasteiger partial charge on any atom is 0.313 e. The molecule has 0 amide bonds. The Balaban J connectivity index is 2.17. The third-order valence-corrected chi connectivity index (χ3v) is 4.57. The van der Waals surface area contributed by atoms with Crippen LogP contribution in [0.15, 0.2) is 23.6 Å². The maximum absolute atomic E-state index is 10.6. The first-order chi connectivity index (χ1) is 8.58. The molecule has 0 bridgehead atoms. The Hall–Kier alpha value is -1.34. The Morgan fingerprint density at radius 2 is 2.39 bits per heavy atom. The van der Waals surface area contributed by atoms with Crippen LogP contribution in [0.2, 0.25) is 0 Å². The van der Waals surface area contributed by atoms with Crippen molar-refractivity contribution in [3.63, 3.8) is 0 Å². The Labute approximate surface area is 113 Å². The number of aromatic nitrogens is 3. The van der Waals surface area contributed by atoms with Crippen molar-refractivity contribution < 1.29 is 9.90 Å². The number of rotatable bonds is 5. The minimum Gasteiger partial charge on any atom is -0.481 e. The third-order valence-electron chi connectivity index (χ3n) is 2.46. The van der Waals surface area contributed by atoms with E-state index in [9.17, 15) is 4.79 Å². The summed E-state index contributed by atoms with van der Waals surface area (Å²) in [5.41, 5.74) is 0. The van der Waals surface area contributed by atoms with Gasteiger partial charge < -0.3 is 9.67 Å². The topological polar surface area (TPSA) is 68.0 Å². The summed E-state index contributed by atoms with van der Waals surface area (Å²) < 4.78 is 1.90. The number of nitrogens with zero attached hydrogens (tertiary/aromatic N) is 3. The summed E-state index contributed by atoms with van der Waals surface area (Å²) in [4.78, 5) is 13.0. The van der Waals surface area contributed by atoms with E-state index in [1.165, 1.54) is 21.5 Å². The lowest BCUT2D eigenvalue weighted by Gasteiger charge is -2.12. The van der Waals surface area contributed by atoms with Gasteiger partial charge in [-0.1, -0.05) is 11.8 Å². The average Bonchev–Trinajstić information content (AvgIpc) is 2.93. The molecule has 0 aliphatic rings. The molecule has 18 heavy (non-hydrogen) atoms. The normalized spacial score (nSPS) is 12.6. The largest absolute Gasteiger partial charge is 0.481 e. The van der Waals surface area contributed by atoms with E-state index in [1.54, 1.807) is 17.7 Å². The van der Waals surface area contributed by atoms with Crippen molar-refractivity contribution in [3.05, 3.63) is 28.2 Å². The highest BCUT2D eigenvalue weighted by Gasteiger charge is 2.15. The number of carboxylic acids is 1. The van der Waals surface area contributed by atoms with Crippen molar-refractivity contribution in [1.29, 1.82) is 0 Å². The monoisotopic (exact) mass is 283 g/mol. The molecule has 2 rings (SSSR count). The molecule has 5 nitrogen and oxygen atoms in total. The van der Waals surface area contributed by atoms with E-state index in [-0.39, 0.29) is 11.8 Å². The van der Waals surface area contributed by atoms with Crippen LogP contribution in [0.4, 0.5) is 0 Å². The van der Waals surface area contributed by atoms with Crippen molar-refractivity contribution >= 4 is 29.1 Å². The molecule has 0 saturated carbocycles. The van der Waals surface area contributed by atoms with Crippen LogP contribution in [0.1, 0.15) is 22.7 Å². The van der Waals surface area contributed by atoms with E-state index < -0.39 is 5.97 Å².